The molecule has 2 rings (SSSR count). The summed E-state index contributed by atoms with van der Waals surface area (Å²) in [4.78, 5) is 0. The van der Waals surface area contributed by atoms with Gasteiger partial charge in [-0.25, -0.2) is 0 Å². The Kier molecular flexibility index (Phi) is 5.13. The van der Waals surface area contributed by atoms with Crippen LogP contribution in [0.1, 0.15) is 51.9 Å². The van der Waals surface area contributed by atoms with E-state index in [1.54, 1.807) is 0 Å². The third kappa shape index (κ3) is 2.97. The lowest BCUT2D eigenvalue weighted by atomic mass is 9.61. The second kappa shape index (κ2) is 6.40. The minimum atomic E-state index is 0.296. The normalized spacial score (nSPS) is 32.1. The lowest BCUT2D eigenvalue weighted by Gasteiger charge is -2.53. The van der Waals surface area contributed by atoms with Crippen LogP contribution in [0, 0.1) is 5.41 Å². The Hall–Kier alpha value is 0.210. The van der Waals surface area contributed by atoms with Gasteiger partial charge in [0.2, 0.25) is 0 Å². The van der Waals surface area contributed by atoms with Gasteiger partial charge in [-0.15, -0.1) is 11.6 Å². The van der Waals surface area contributed by atoms with Crippen LogP contribution in [0.2, 0.25) is 0 Å². The van der Waals surface area contributed by atoms with Crippen LogP contribution in [0.4, 0.5) is 0 Å². The van der Waals surface area contributed by atoms with E-state index in [1.807, 2.05) is 6.92 Å². The van der Waals surface area contributed by atoms with E-state index in [2.05, 4.69) is 0 Å². The van der Waals surface area contributed by atoms with Gasteiger partial charge in [-0.2, -0.15) is 0 Å². The Labute approximate surface area is 110 Å². The Bertz CT molecular complexity index is 224. The van der Waals surface area contributed by atoms with Crippen molar-refractivity contribution in [3.8, 4) is 0 Å². The molecular formula is C14H25ClO2. The van der Waals surface area contributed by atoms with Gasteiger partial charge in [0.1, 0.15) is 0 Å². The highest BCUT2D eigenvalue weighted by atomic mass is 35.5. The number of halogens is 1. The van der Waals surface area contributed by atoms with Crippen molar-refractivity contribution in [3.63, 3.8) is 0 Å². The molecule has 0 bridgehead atoms. The molecule has 2 nitrogen and oxygen atoms in total. The summed E-state index contributed by atoms with van der Waals surface area (Å²) in [7, 11) is 0. The Morgan fingerprint density at radius 1 is 1.12 bits per heavy atom. The third-order valence-corrected chi connectivity index (χ3v) is 5.08. The highest BCUT2D eigenvalue weighted by molar-refractivity contribution is 6.21. The molecule has 2 unspecified atom stereocenters. The van der Waals surface area contributed by atoms with E-state index in [0.717, 1.165) is 26.2 Å². The molecule has 0 aromatic carbocycles. The molecule has 2 aliphatic carbocycles. The zero-order chi connectivity index (χ0) is 12.1. The van der Waals surface area contributed by atoms with Crippen molar-refractivity contribution in [1.29, 1.82) is 0 Å². The van der Waals surface area contributed by atoms with E-state index < -0.39 is 0 Å². The third-order valence-electron chi connectivity index (χ3n) is 4.47. The molecule has 0 aromatic heterocycles. The van der Waals surface area contributed by atoms with E-state index in [9.17, 15) is 0 Å². The smallest absolute Gasteiger partial charge is 0.0704 e. The fourth-order valence-electron chi connectivity index (χ4n) is 3.35. The summed E-state index contributed by atoms with van der Waals surface area (Å²) in [6.07, 6.45) is 9.36. The molecule has 2 atom stereocenters. The number of hydrogen-bond acceptors (Lipinski definition) is 2. The summed E-state index contributed by atoms with van der Waals surface area (Å²) in [6.45, 7) is 4.24. The fourth-order valence-corrected chi connectivity index (χ4v) is 3.87. The molecule has 3 heteroatoms. The topological polar surface area (TPSA) is 18.5 Å². The quantitative estimate of drug-likeness (QED) is 0.554. The first-order valence-corrected chi connectivity index (χ1v) is 7.56. The van der Waals surface area contributed by atoms with Gasteiger partial charge in [-0.3, -0.25) is 0 Å². The monoisotopic (exact) mass is 260 g/mol. The number of ether oxygens (including phenoxy) is 2. The van der Waals surface area contributed by atoms with E-state index in [-0.39, 0.29) is 0 Å². The highest BCUT2D eigenvalue weighted by Gasteiger charge is 2.54. The maximum absolute atomic E-state index is 6.48. The van der Waals surface area contributed by atoms with Crippen LogP contribution < -0.4 is 0 Å². The summed E-state index contributed by atoms with van der Waals surface area (Å²) < 4.78 is 11.3. The first-order chi connectivity index (χ1) is 8.29. The molecule has 0 aromatic rings. The van der Waals surface area contributed by atoms with Gasteiger partial charge in [-0.1, -0.05) is 25.7 Å². The molecule has 0 radical (unpaired) electrons. The summed E-state index contributed by atoms with van der Waals surface area (Å²) in [6, 6.07) is 0. The van der Waals surface area contributed by atoms with Crippen LogP contribution in [0.25, 0.3) is 0 Å². The van der Waals surface area contributed by atoms with Crippen LogP contribution in [0.5, 0.6) is 0 Å². The molecule has 1 spiro atoms. The molecule has 0 amide bonds. The van der Waals surface area contributed by atoms with Gasteiger partial charge >= 0.3 is 0 Å². The van der Waals surface area contributed by atoms with E-state index in [0.29, 0.717) is 16.9 Å². The van der Waals surface area contributed by atoms with Gasteiger partial charge in [0.05, 0.1) is 19.3 Å². The maximum Gasteiger partial charge on any atom is 0.0704 e. The molecule has 0 saturated heterocycles. The average molecular weight is 261 g/mol. The molecule has 0 aliphatic heterocycles. The Balaban J connectivity index is 1.81. The second-order valence-corrected chi connectivity index (χ2v) is 5.93. The molecule has 0 heterocycles. The van der Waals surface area contributed by atoms with Crippen molar-refractivity contribution in [2.24, 2.45) is 5.41 Å². The van der Waals surface area contributed by atoms with Gasteiger partial charge in [0, 0.05) is 17.4 Å². The van der Waals surface area contributed by atoms with Crippen molar-refractivity contribution >= 4 is 11.6 Å². The van der Waals surface area contributed by atoms with Crippen LogP contribution in [0.15, 0.2) is 0 Å². The number of hydrogen-bond donors (Lipinski definition) is 0. The minimum Gasteiger partial charge on any atom is -0.379 e. The van der Waals surface area contributed by atoms with E-state index >= 15 is 0 Å². The molecule has 100 valence electrons. The van der Waals surface area contributed by atoms with Gasteiger partial charge in [0.25, 0.3) is 0 Å². The van der Waals surface area contributed by atoms with Crippen molar-refractivity contribution in [3.05, 3.63) is 0 Å². The summed E-state index contributed by atoms with van der Waals surface area (Å²) in [5, 5.41) is 0.345. The average Bonchev–Trinajstić information content (AvgIpc) is 2.60. The molecule has 2 saturated carbocycles. The molecular weight excluding hydrogens is 236 g/mol. The summed E-state index contributed by atoms with van der Waals surface area (Å²) in [5.41, 5.74) is 0.296. The van der Waals surface area contributed by atoms with Crippen LogP contribution in [-0.4, -0.2) is 31.3 Å². The lowest BCUT2D eigenvalue weighted by molar-refractivity contribution is -0.124. The van der Waals surface area contributed by atoms with Crippen molar-refractivity contribution in [1.82, 2.24) is 0 Å². The minimum absolute atomic E-state index is 0.296. The SMILES string of the molecule is CCOCCOC1CC(Cl)C12CCCCCC2. The zero-order valence-electron chi connectivity index (χ0n) is 10.9. The molecule has 17 heavy (non-hydrogen) atoms. The van der Waals surface area contributed by atoms with Crippen molar-refractivity contribution < 1.29 is 9.47 Å². The molecule has 2 aliphatic rings. The summed E-state index contributed by atoms with van der Waals surface area (Å²) in [5.74, 6) is 0. The Morgan fingerprint density at radius 2 is 1.82 bits per heavy atom. The van der Waals surface area contributed by atoms with Crippen molar-refractivity contribution in [2.45, 2.75) is 63.4 Å². The predicted molar refractivity (Wildman–Crippen MR) is 70.6 cm³/mol. The number of rotatable bonds is 5. The maximum atomic E-state index is 6.48. The van der Waals surface area contributed by atoms with Crippen molar-refractivity contribution in [2.75, 3.05) is 19.8 Å². The standard InChI is InChI=1S/C14H25ClO2/c1-2-16-9-10-17-13-11-12(15)14(13)7-5-3-4-6-8-14/h12-13H,2-11H2,1H3. The predicted octanol–water partition coefficient (Wildman–Crippen LogP) is 3.76. The van der Waals surface area contributed by atoms with Gasteiger partial charge in [-0.05, 0) is 26.2 Å². The fraction of sp³-hybridized carbons (Fsp3) is 1.00. The van der Waals surface area contributed by atoms with Gasteiger partial charge in [0.15, 0.2) is 0 Å². The van der Waals surface area contributed by atoms with Crippen LogP contribution in [-0.2, 0) is 9.47 Å². The lowest BCUT2D eigenvalue weighted by Crippen LogP contribution is -2.55. The van der Waals surface area contributed by atoms with Gasteiger partial charge < -0.3 is 9.47 Å². The number of alkyl halides is 1. The van der Waals surface area contributed by atoms with E-state index in [4.69, 9.17) is 21.1 Å². The first kappa shape index (κ1) is 13.6. The second-order valence-electron chi connectivity index (χ2n) is 5.41. The largest absolute Gasteiger partial charge is 0.379 e. The van der Waals surface area contributed by atoms with Crippen LogP contribution >= 0.6 is 11.6 Å². The summed E-state index contributed by atoms with van der Waals surface area (Å²) >= 11 is 6.48. The zero-order valence-corrected chi connectivity index (χ0v) is 11.7. The molecule has 0 N–H and O–H groups in total. The molecule has 2 fully saturated rings. The first-order valence-electron chi connectivity index (χ1n) is 7.13. The van der Waals surface area contributed by atoms with E-state index in [1.165, 1.54) is 38.5 Å². The Morgan fingerprint density at radius 3 is 2.41 bits per heavy atom. The highest BCUT2D eigenvalue weighted by Crippen LogP contribution is 2.54. The van der Waals surface area contributed by atoms with Crippen LogP contribution in [0.3, 0.4) is 0 Å².